The van der Waals surface area contributed by atoms with Crippen LogP contribution in [-0.4, -0.2) is 49.9 Å². The predicted octanol–water partition coefficient (Wildman–Crippen LogP) is 1.96. The van der Waals surface area contributed by atoms with E-state index in [1.165, 1.54) is 6.20 Å². The van der Waals surface area contributed by atoms with Crippen molar-refractivity contribution in [2.45, 2.75) is 25.7 Å². The summed E-state index contributed by atoms with van der Waals surface area (Å²) in [5, 5.41) is 9.08. The molecule has 3 heterocycles. The van der Waals surface area contributed by atoms with Crippen LogP contribution in [0.2, 0.25) is 0 Å². The Morgan fingerprint density at radius 2 is 1.83 bits per heavy atom. The first-order chi connectivity index (χ1) is 11.5. The summed E-state index contributed by atoms with van der Waals surface area (Å²) in [5.41, 5.74) is 2.23. The molecule has 0 saturated carbocycles. The van der Waals surface area contributed by atoms with Crippen LogP contribution in [0.3, 0.4) is 0 Å². The molecule has 1 aliphatic heterocycles. The third kappa shape index (κ3) is 3.40. The van der Waals surface area contributed by atoms with Crippen LogP contribution in [0.5, 0.6) is 0 Å². The summed E-state index contributed by atoms with van der Waals surface area (Å²) in [5.74, 6) is -0.668. The molecule has 0 atom stereocenters. The second kappa shape index (κ2) is 6.74. The third-order valence-corrected chi connectivity index (χ3v) is 4.29. The number of rotatable bonds is 3. The van der Waals surface area contributed by atoms with E-state index >= 15 is 0 Å². The second-order valence-electron chi connectivity index (χ2n) is 5.88. The van der Waals surface area contributed by atoms with E-state index in [9.17, 15) is 9.59 Å². The van der Waals surface area contributed by atoms with E-state index < -0.39 is 5.97 Å². The van der Waals surface area contributed by atoms with Gasteiger partial charge in [0.15, 0.2) is 0 Å². The molecule has 0 aromatic carbocycles. The van der Waals surface area contributed by atoms with Gasteiger partial charge in [0.2, 0.25) is 5.91 Å². The highest BCUT2D eigenvalue weighted by Gasteiger charge is 2.23. The summed E-state index contributed by atoms with van der Waals surface area (Å²) in [7, 11) is 0. The first-order valence-electron chi connectivity index (χ1n) is 7.81. The van der Waals surface area contributed by atoms with Crippen molar-refractivity contribution in [2.75, 3.05) is 13.1 Å². The van der Waals surface area contributed by atoms with E-state index in [-0.39, 0.29) is 17.4 Å². The highest BCUT2D eigenvalue weighted by molar-refractivity contribution is 5.88. The third-order valence-electron chi connectivity index (χ3n) is 4.29. The monoisotopic (exact) mass is 326 g/mol. The Bertz CT molecular complexity index is 770. The van der Waals surface area contributed by atoms with Gasteiger partial charge in [-0.25, -0.2) is 9.78 Å². The van der Waals surface area contributed by atoms with Crippen molar-refractivity contribution in [3.05, 3.63) is 42.1 Å². The molecular formula is C17H18N4O3. The van der Waals surface area contributed by atoms with E-state index in [4.69, 9.17) is 5.11 Å². The first-order valence-corrected chi connectivity index (χ1v) is 7.81. The lowest BCUT2D eigenvalue weighted by molar-refractivity contribution is -0.129. The second-order valence-corrected chi connectivity index (χ2v) is 5.88. The molecule has 0 radical (unpaired) electrons. The number of aromatic nitrogens is 3. The lowest BCUT2D eigenvalue weighted by Gasteiger charge is -2.30. The van der Waals surface area contributed by atoms with Gasteiger partial charge in [0.1, 0.15) is 0 Å². The fourth-order valence-electron chi connectivity index (χ4n) is 2.90. The average Bonchev–Trinajstić information content (AvgIpc) is 2.62. The van der Waals surface area contributed by atoms with Crippen LogP contribution in [-0.2, 0) is 4.79 Å². The maximum Gasteiger partial charge on any atom is 0.337 e. The molecule has 3 rings (SSSR count). The van der Waals surface area contributed by atoms with E-state index in [0.29, 0.717) is 11.3 Å². The first kappa shape index (κ1) is 16.0. The quantitative estimate of drug-likeness (QED) is 0.926. The van der Waals surface area contributed by atoms with Crippen molar-refractivity contribution in [2.24, 2.45) is 0 Å². The van der Waals surface area contributed by atoms with Crippen molar-refractivity contribution in [3.8, 4) is 11.3 Å². The Labute approximate surface area is 139 Å². The largest absolute Gasteiger partial charge is 0.478 e. The highest BCUT2D eigenvalue weighted by atomic mass is 16.4. The van der Waals surface area contributed by atoms with E-state index in [1.807, 2.05) is 4.90 Å². The van der Waals surface area contributed by atoms with Gasteiger partial charge in [-0.15, -0.1) is 0 Å². The minimum Gasteiger partial charge on any atom is -0.478 e. The van der Waals surface area contributed by atoms with Gasteiger partial charge in [-0.3, -0.25) is 14.8 Å². The summed E-state index contributed by atoms with van der Waals surface area (Å²) in [6, 6.07) is 1.54. The molecule has 7 heteroatoms. The minimum absolute atomic E-state index is 0.102. The molecule has 2 aromatic rings. The Morgan fingerprint density at radius 3 is 2.50 bits per heavy atom. The number of amides is 1. The van der Waals surface area contributed by atoms with Gasteiger partial charge in [0.25, 0.3) is 0 Å². The standard InChI is InChI=1S/C17H18N4O3/c1-11(22)21-4-2-12(3-5-21)15-9-19-10-16(20-15)13-6-14(17(23)24)8-18-7-13/h6-10,12H,2-5H2,1H3,(H,23,24). The van der Waals surface area contributed by atoms with Crippen LogP contribution in [0.4, 0.5) is 0 Å². The molecule has 0 spiro atoms. The molecule has 0 bridgehead atoms. The van der Waals surface area contributed by atoms with Crippen molar-refractivity contribution in [1.29, 1.82) is 0 Å². The van der Waals surface area contributed by atoms with Gasteiger partial charge in [-0.05, 0) is 18.9 Å². The normalized spacial score (nSPS) is 15.3. The summed E-state index contributed by atoms with van der Waals surface area (Å²) < 4.78 is 0. The SMILES string of the molecule is CC(=O)N1CCC(c2cncc(-c3cncc(C(=O)O)c3)n2)CC1. The zero-order chi connectivity index (χ0) is 17.1. The number of carbonyl (C=O) groups is 2. The lowest BCUT2D eigenvalue weighted by atomic mass is 9.93. The van der Waals surface area contributed by atoms with Crippen LogP contribution in [0.15, 0.2) is 30.9 Å². The van der Waals surface area contributed by atoms with Crippen LogP contribution in [0, 0.1) is 0 Å². The molecule has 2 aromatic heterocycles. The zero-order valence-electron chi connectivity index (χ0n) is 13.3. The number of carboxylic acids is 1. The number of carboxylic acid groups (broad SMARTS) is 1. The fourth-order valence-corrected chi connectivity index (χ4v) is 2.90. The molecule has 1 fully saturated rings. The maximum absolute atomic E-state index is 11.4. The number of piperidine rings is 1. The lowest BCUT2D eigenvalue weighted by Crippen LogP contribution is -2.36. The molecule has 124 valence electrons. The molecule has 1 aliphatic rings. The Balaban J connectivity index is 1.81. The van der Waals surface area contributed by atoms with Gasteiger partial charge in [-0.1, -0.05) is 0 Å². The van der Waals surface area contributed by atoms with Crippen LogP contribution in [0.1, 0.15) is 41.7 Å². The average molecular weight is 326 g/mol. The van der Waals surface area contributed by atoms with E-state index in [0.717, 1.165) is 31.6 Å². The summed E-state index contributed by atoms with van der Waals surface area (Å²) in [6.45, 7) is 3.03. The highest BCUT2D eigenvalue weighted by Crippen LogP contribution is 2.28. The minimum atomic E-state index is -1.02. The number of nitrogens with zero attached hydrogens (tertiary/aromatic N) is 4. The maximum atomic E-state index is 11.4. The summed E-state index contributed by atoms with van der Waals surface area (Å²) >= 11 is 0. The molecule has 7 nitrogen and oxygen atoms in total. The molecule has 1 saturated heterocycles. The van der Waals surface area contributed by atoms with Crippen LogP contribution >= 0.6 is 0 Å². The molecule has 1 amide bonds. The topological polar surface area (TPSA) is 96.3 Å². The summed E-state index contributed by atoms with van der Waals surface area (Å²) in [4.78, 5) is 37.2. The predicted molar refractivity (Wildman–Crippen MR) is 86.5 cm³/mol. The number of carbonyl (C=O) groups excluding carboxylic acids is 1. The van der Waals surface area contributed by atoms with E-state index in [1.54, 1.807) is 31.6 Å². The Morgan fingerprint density at radius 1 is 1.12 bits per heavy atom. The number of aromatic carboxylic acids is 1. The van der Waals surface area contributed by atoms with Gasteiger partial charge in [0, 0.05) is 50.1 Å². The van der Waals surface area contributed by atoms with Gasteiger partial charge in [0.05, 0.1) is 23.1 Å². The van der Waals surface area contributed by atoms with Crippen molar-refractivity contribution in [3.63, 3.8) is 0 Å². The van der Waals surface area contributed by atoms with Crippen LogP contribution < -0.4 is 0 Å². The smallest absolute Gasteiger partial charge is 0.337 e. The van der Waals surface area contributed by atoms with E-state index in [2.05, 4.69) is 15.0 Å². The molecule has 0 unspecified atom stereocenters. The van der Waals surface area contributed by atoms with Gasteiger partial charge >= 0.3 is 5.97 Å². The van der Waals surface area contributed by atoms with Crippen molar-refractivity contribution < 1.29 is 14.7 Å². The fraction of sp³-hybridized carbons (Fsp3) is 0.353. The molecule has 0 aliphatic carbocycles. The number of likely N-dealkylation sites (tertiary alicyclic amines) is 1. The van der Waals surface area contributed by atoms with Gasteiger partial charge < -0.3 is 10.0 Å². The molecular weight excluding hydrogens is 308 g/mol. The van der Waals surface area contributed by atoms with Crippen molar-refractivity contribution >= 4 is 11.9 Å². The van der Waals surface area contributed by atoms with Crippen molar-refractivity contribution in [1.82, 2.24) is 19.9 Å². The number of hydrogen-bond donors (Lipinski definition) is 1. The number of hydrogen-bond acceptors (Lipinski definition) is 5. The van der Waals surface area contributed by atoms with Crippen LogP contribution in [0.25, 0.3) is 11.3 Å². The number of pyridine rings is 1. The summed E-state index contributed by atoms with van der Waals surface area (Å²) in [6.07, 6.45) is 7.94. The molecule has 1 N–H and O–H groups in total. The Hall–Kier alpha value is -2.83. The van der Waals surface area contributed by atoms with Gasteiger partial charge in [-0.2, -0.15) is 0 Å². The Kier molecular flexibility index (Phi) is 4.50. The molecule has 24 heavy (non-hydrogen) atoms. The zero-order valence-corrected chi connectivity index (χ0v) is 13.3.